The normalized spacial score (nSPS) is 13.0. The molecule has 1 aromatic rings. The molecule has 0 aliphatic carbocycles. The molecule has 118 valence electrons. The first-order valence-electron chi connectivity index (χ1n) is 6.69. The molecule has 1 amide bonds. The zero-order valence-corrected chi connectivity index (χ0v) is 14.2. The fourth-order valence-electron chi connectivity index (χ4n) is 1.99. The highest BCUT2D eigenvalue weighted by Crippen LogP contribution is 2.31. The molecule has 1 heterocycles. The third kappa shape index (κ3) is 4.23. The van der Waals surface area contributed by atoms with Crippen LogP contribution in [0.15, 0.2) is 11.4 Å². The summed E-state index contributed by atoms with van der Waals surface area (Å²) in [6.45, 7) is 7.93. The maximum Gasteiger partial charge on any atom is 0.313 e. The lowest BCUT2D eigenvalue weighted by Crippen LogP contribution is -2.32. The van der Waals surface area contributed by atoms with Gasteiger partial charge in [0, 0.05) is 31.4 Å². The number of likely N-dealkylation sites (N-methyl/N-ethyl adjacent to an activating group) is 1. The predicted molar refractivity (Wildman–Crippen MR) is 82.7 cm³/mol. The molecular weight excluding hydrogens is 290 g/mol. The van der Waals surface area contributed by atoms with Gasteiger partial charge >= 0.3 is 5.97 Å². The zero-order chi connectivity index (χ0) is 16.4. The summed E-state index contributed by atoms with van der Waals surface area (Å²) in [5, 5.41) is 9.40. The van der Waals surface area contributed by atoms with Gasteiger partial charge in [-0.25, -0.2) is 4.98 Å². The molecule has 0 saturated carbocycles. The second-order valence-corrected chi connectivity index (χ2v) is 7.08. The molecule has 0 fully saturated rings. The average Bonchev–Trinajstić information content (AvgIpc) is 2.77. The second-order valence-electron chi connectivity index (χ2n) is 6.14. The van der Waals surface area contributed by atoms with Gasteiger partial charge in [0.05, 0.1) is 5.75 Å². The standard InChI is InChI=1S/C14H23N3O3S/c1-9(12(20)16(5)6)17-10(14(2,3)4)7-15-13(17)21-8-11(18)19/h7,9H,8H2,1-6H3,(H,18,19). The van der Waals surface area contributed by atoms with E-state index in [0.717, 1.165) is 17.5 Å². The van der Waals surface area contributed by atoms with Gasteiger partial charge in [0.25, 0.3) is 0 Å². The van der Waals surface area contributed by atoms with Gasteiger partial charge in [-0.2, -0.15) is 0 Å². The van der Waals surface area contributed by atoms with Crippen molar-refractivity contribution in [1.29, 1.82) is 0 Å². The van der Waals surface area contributed by atoms with Crippen LogP contribution in [0.1, 0.15) is 39.4 Å². The SMILES string of the molecule is CC(C(=O)N(C)C)n1c(C(C)(C)C)cnc1SCC(=O)O. The van der Waals surface area contributed by atoms with Crippen LogP contribution in [-0.2, 0) is 15.0 Å². The van der Waals surface area contributed by atoms with Gasteiger partial charge in [-0.1, -0.05) is 32.5 Å². The molecular formula is C14H23N3O3S. The second kappa shape index (κ2) is 6.51. The number of carboxylic acid groups (broad SMARTS) is 1. The number of carbonyl (C=O) groups excluding carboxylic acids is 1. The fourth-order valence-corrected chi connectivity index (χ4v) is 2.77. The number of aliphatic carboxylic acids is 1. The number of aromatic nitrogens is 2. The molecule has 0 saturated heterocycles. The van der Waals surface area contributed by atoms with Crippen LogP contribution in [0, 0.1) is 0 Å². The summed E-state index contributed by atoms with van der Waals surface area (Å²) in [5.74, 6) is -1.03. The van der Waals surface area contributed by atoms with Gasteiger partial charge in [-0.3, -0.25) is 9.59 Å². The predicted octanol–water partition coefficient (Wildman–Crippen LogP) is 2.01. The molecule has 0 spiro atoms. The largest absolute Gasteiger partial charge is 0.481 e. The molecule has 21 heavy (non-hydrogen) atoms. The van der Waals surface area contributed by atoms with E-state index in [0.29, 0.717) is 5.16 Å². The number of nitrogens with zero attached hydrogens (tertiary/aromatic N) is 3. The molecule has 0 bridgehead atoms. The van der Waals surface area contributed by atoms with Crippen LogP contribution in [0.2, 0.25) is 0 Å². The van der Waals surface area contributed by atoms with E-state index in [2.05, 4.69) is 4.98 Å². The summed E-state index contributed by atoms with van der Waals surface area (Å²) >= 11 is 1.13. The topological polar surface area (TPSA) is 75.4 Å². The summed E-state index contributed by atoms with van der Waals surface area (Å²) < 4.78 is 1.84. The minimum atomic E-state index is -0.904. The third-order valence-corrected chi connectivity index (χ3v) is 3.99. The van der Waals surface area contributed by atoms with Crippen molar-refractivity contribution < 1.29 is 14.7 Å². The number of carbonyl (C=O) groups is 2. The monoisotopic (exact) mass is 313 g/mol. The highest BCUT2D eigenvalue weighted by Gasteiger charge is 2.28. The average molecular weight is 313 g/mol. The first-order valence-corrected chi connectivity index (χ1v) is 7.67. The molecule has 1 N–H and O–H groups in total. The molecule has 0 aliphatic heterocycles. The Hall–Kier alpha value is -1.50. The first kappa shape index (κ1) is 17.6. The van der Waals surface area contributed by atoms with Gasteiger partial charge in [0.2, 0.25) is 5.91 Å². The number of thioether (sulfide) groups is 1. The van der Waals surface area contributed by atoms with Crippen molar-refractivity contribution in [3.8, 4) is 0 Å². The lowest BCUT2D eigenvalue weighted by molar-refractivity contribution is -0.134. The van der Waals surface area contributed by atoms with Gasteiger partial charge in [-0.05, 0) is 6.92 Å². The first-order chi connectivity index (χ1) is 9.55. The van der Waals surface area contributed by atoms with Crippen molar-refractivity contribution in [3.05, 3.63) is 11.9 Å². The van der Waals surface area contributed by atoms with Crippen LogP contribution in [0.25, 0.3) is 0 Å². The van der Waals surface area contributed by atoms with E-state index in [1.807, 2.05) is 32.3 Å². The molecule has 0 aromatic carbocycles. The number of imidazole rings is 1. The molecule has 1 aromatic heterocycles. The minimum absolute atomic E-state index is 0.0457. The lowest BCUT2D eigenvalue weighted by Gasteiger charge is -2.26. The Morgan fingerprint density at radius 3 is 2.43 bits per heavy atom. The van der Waals surface area contributed by atoms with Crippen molar-refractivity contribution >= 4 is 23.6 Å². The summed E-state index contributed by atoms with van der Waals surface area (Å²) in [6.07, 6.45) is 1.73. The van der Waals surface area contributed by atoms with Gasteiger partial charge in [0.1, 0.15) is 6.04 Å². The highest BCUT2D eigenvalue weighted by molar-refractivity contribution is 7.99. The minimum Gasteiger partial charge on any atom is -0.481 e. The van der Waals surface area contributed by atoms with Crippen LogP contribution in [0.5, 0.6) is 0 Å². The summed E-state index contributed by atoms with van der Waals surface area (Å²) in [6, 6.07) is -0.423. The van der Waals surface area contributed by atoms with Crippen LogP contribution in [0.3, 0.4) is 0 Å². The van der Waals surface area contributed by atoms with E-state index in [-0.39, 0.29) is 17.1 Å². The van der Waals surface area contributed by atoms with Gasteiger partial charge < -0.3 is 14.6 Å². The van der Waals surface area contributed by atoms with Crippen molar-refractivity contribution in [1.82, 2.24) is 14.5 Å². The molecule has 1 atom stereocenters. The third-order valence-electron chi connectivity index (χ3n) is 3.04. The molecule has 6 nitrogen and oxygen atoms in total. The molecule has 1 rings (SSSR count). The number of carboxylic acids is 1. The number of amides is 1. The zero-order valence-electron chi connectivity index (χ0n) is 13.4. The summed E-state index contributed by atoms with van der Waals surface area (Å²) in [5.41, 5.74) is 0.730. The highest BCUT2D eigenvalue weighted by atomic mass is 32.2. The molecule has 0 radical (unpaired) electrons. The molecule has 7 heteroatoms. The van der Waals surface area contributed by atoms with Crippen LogP contribution in [0.4, 0.5) is 0 Å². The summed E-state index contributed by atoms with van der Waals surface area (Å²) in [4.78, 5) is 28.9. The molecule has 0 aliphatic rings. The maximum absolute atomic E-state index is 12.3. The Morgan fingerprint density at radius 1 is 1.43 bits per heavy atom. The van der Waals surface area contributed by atoms with Crippen LogP contribution < -0.4 is 0 Å². The number of hydrogen-bond acceptors (Lipinski definition) is 4. The quantitative estimate of drug-likeness (QED) is 0.842. The van der Waals surface area contributed by atoms with Crippen molar-refractivity contribution in [2.24, 2.45) is 0 Å². The smallest absolute Gasteiger partial charge is 0.313 e. The van der Waals surface area contributed by atoms with Crippen molar-refractivity contribution in [2.45, 2.75) is 44.3 Å². The van der Waals surface area contributed by atoms with Gasteiger partial charge in [0.15, 0.2) is 5.16 Å². The van der Waals surface area contributed by atoms with Crippen LogP contribution >= 0.6 is 11.8 Å². The fraction of sp³-hybridized carbons (Fsp3) is 0.643. The number of rotatable bonds is 5. The Bertz CT molecular complexity index is 532. The van der Waals surface area contributed by atoms with E-state index >= 15 is 0 Å². The van der Waals surface area contributed by atoms with E-state index in [1.54, 1.807) is 20.3 Å². The lowest BCUT2D eigenvalue weighted by atomic mass is 9.92. The van der Waals surface area contributed by atoms with E-state index in [9.17, 15) is 9.59 Å². The molecule has 1 unspecified atom stereocenters. The van der Waals surface area contributed by atoms with Gasteiger partial charge in [-0.15, -0.1) is 0 Å². The Balaban J connectivity index is 3.25. The van der Waals surface area contributed by atoms with Crippen molar-refractivity contribution in [2.75, 3.05) is 19.8 Å². The maximum atomic E-state index is 12.3. The van der Waals surface area contributed by atoms with E-state index in [4.69, 9.17) is 5.11 Å². The Kier molecular flexibility index (Phi) is 5.44. The van der Waals surface area contributed by atoms with Crippen LogP contribution in [-0.4, -0.2) is 51.3 Å². The number of hydrogen-bond donors (Lipinski definition) is 1. The Morgan fingerprint density at radius 2 is 2.00 bits per heavy atom. The van der Waals surface area contributed by atoms with E-state index < -0.39 is 12.0 Å². The van der Waals surface area contributed by atoms with Crippen molar-refractivity contribution in [3.63, 3.8) is 0 Å². The summed E-state index contributed by atoms with van der Waals surface area (Å²) in [7, 11) is 3.41. The Labute approximate surface area is 129 Å². The van der Waals surface area contributed by atoms with E-state index in [1.165, 1.54) is 4.90 Å².